The van der Waals surface area contributed by atoms with Gasteiger partial charge in [0, 0.05) is 12.8 Å². The SMILES string of the molecule is Cc1ccc(C(=O)OC2Cc3ccccc3C2)cc1. The standard InChI is InChI=1S/C17H16O2/c1-12-6-8-13(9-7-12)17(18)19-16-10-14-4-2-3-5-15(14)11-16/h2-9,16H,10-11H2,1H3. The van der Waals surface area contributed by atoms with E-state index in [2.05, 4.69) is 12.1 Å². The van der Waals surface area contributed by atoms with Crippen molar-refractivity contribution in [3.8, 4) is 0 Å². The van der Waals surface area contributed by atoms with E-state index in [-0.39, 0.29) is 12.1 Å². The van der Waals surface area contributed by atoms with Crippen molar-refractivity contribution in [1.29, 1.82) is 0 Å². The second-order valence-electron chi connectivity index (χ2n) is 5.07. The molecule has 2 heteroatoms. The van der Waals surface area contributed by atoms with Crippen molar-refractivity contribution in [2.24, 2.45) is 0 Å². The van der Waals surface area contributed by atoms with E-state index in [1.807, 2.05) is 43.3 Å². The average molecular weight is 252 g/mol. The first kappa shape index (κ1) is 12.0. The highest BCUT2D eigenvalue weighted by Crippen LogP contribution is 2.24. The first-order chi connectivity index (χ1) is 9.22. The van der Waals surface area contributed by atoms with Gasteiger partial charge in [-0.3, -0.25) is 0 Å². The van der Waals surface area contributed by atoms with Crippen LogP contribution in [0.3, 0.4) is 0 Å². The normalized spacial score (nSPS) is 14.2. The Kier molecular flexibility index (Phi) is 3.08. The highest BCUT2D eigenvalue weighted by molar-refractivity contribution is 5.89. The number of fused-ring (bicyclic) bond motifs is 1. The fourth-order valence-corrected chi connectivity index (χ4v) is 2.51. The lowest BCUT2D eigenvalue weighted by atomic mass is 10.1. The van der Waals surface area contributed by atoms with Crippen LogP contribution >= 0.6 is 0 Å². The maximum atomic E-state index is 12.0. The van der Waals surface area contributed by atoms with E-state index in [1.165, 1.54) is 11.1 Å². The first-order valence-corrected chi connectivity index (χ1v) is 6.57. The highest BCUT2D eigenvalue weighted by atomic mass is 16.5. The first-order valence-electron chi connectivity index (χ1n) is 6.57. The molecule has 0 unspecified atom stereocenters. The lowest BCUT2D eigenvalue weighted by molar-refractivity contribution is 0.0325. The van der Waals surface area contributed by atoms with E-state index in [0.29, 0.717) is 5.56 Å². The Labute approximate surface area is 113 Å². The van der Waals surface area contributed by atoms with E-state index >= 15 is 0 Å². The fraction of sp³-hybridized carbons (Fsp3) is 0.235. The molecule has 0 fully saturated rings. The van der Waals surface area contributed by atoms with E-state index in [9.17, 15) is 4.79 Å². The molecule has 0 aliphatic heterocycles. The van der Waals surface area contributed by atoms with Gasteiger partial charge >= 0.3 is 5.97 Å². The molecule has 1 aliphatic rings. The molecule has 0 N–H and O–H groups in total. The zero-order chi connectivity index (χ0) is 13.2. The molecule has 19 heavy (non-hydrogen) atoms. The van der Waals surface area contributed by atoms with Crippen LogP contribution in [-0.2, 0) is 17.6 Å². The van der Waals surface area contributed by atoms with Gasteiger partial charge in [0.1, 0.15) is 6.10 Å². The van der Waals surface area contributed by atoms with Gasteiger partial charge in [0.25, 0.3) is 0 Å². The smallest absolute Gasteiger partial charge is 0.338 e. The summed E-state index contributed by atoms with van der Waals surface area (Å²) in [5.74, 6) is -0.224. The molecule has 2 nitrogen and oxygen atoms in total. The third-order valence-corrected chi connectivity index (χ3v) is 3.57. The maximum Gasteiger partial charge on any atom is 0.338 e. The zero-order valence-corrected chi connectivity index (χ0v) is 10.9. The maximum absolute atomic E-state index is 12.0. The summed E-state index contributed by atoms with van der Waals surface area (Å²) >= 11 is 0. The van der Waals surface area contributed by atoms with E-state index in [1.54, 1.807) is 0 Å². The second kappa shape index (κ2) is 4.88. The van der Waals surface area contributed by atoms with Crippen LogP contribution in [0.4, 0.5) is 0 Å². The molecular formula is C17H16O2. The van der Waals surface area contributed by atoms with E-state index < -0.39 is 0 Å². The van der Waals surface area contributed by atoms with Crippen LogP contribution in [0.25, 0.3) is 0 Å². The predicted octanol–water partition coefficient (Wildman–Crippen LogP) is 3.32. The fourth-order valence-electron chi connectivity index (χ4n) is 2.51. The Morgan fingerprint density at radius 3 is 2.16 bits per heavy atom. The second-order valence-corrected chi connectivity index (χ2v) is 5.07. The number of ether oxygens (including phenoxy) is 1. The van der Waals surface area contributed by atoms with Crippen molar-refractivity contribution in [1.82, 2.24) is 0 Å². The van der Waals surface area contributed by atoms with Crippen molar-refractivity contribution in [3.05, 3.63) is 70.8 Å². The van der Waals surface area contributed by atoms with Crippen molar-refractivity contribution < 1.29 is 9.53 Å². The van der Waals surface area contributed by atoms with E-state index in [4.69, 9.17) is 4.74 Å². The molecule has 0 spiro atoms. The van der Waals surface area contributed by atoms with Gasteiger partial charge in [-0.15, -0.1) is 0 Å². The topological polar surface area (TPSA) is 26.3 Å². The van der Waals surface area contributed by atoms with Crippen LogP contribution < -0.4 is 0 Å². The summed E-state index contributed by atoms with van der Waals surface area (Å²) in [5, 5.41) is 0. The monoisotopic (exact) mass is 252 g/mol. The largest absolute Gasteiger partial charge is 0.458 e. The molecular weight excluding hydrogens is 236 g/mol. The van der Waals surface area contributed by atoms with Crippen LogP contribution in [0.5, 0.6) is 0 Å². The molecule has 96 valence electrons. The lowest BCUT2D eigenvalue weighted by Gasteiger charge is -2.11. The minimum Gasteiger partial charge on any atom is -0.458 e. The van der Waals surface area contributed by atoms with Crippen LogP contribution in [0.2, 0.25) is 0 Å². The molecule has 3 rings (SSSR count). The lowest BCUT2D eigenvalue weighted by Crippen LogP contribution is -2.18. The quantitative estimate of drug-likeness (QED) is 0.766. The van der Waals surface area contributed by atoms with Gasteiger partial charge in [0.05, 0.1) is 5.56 Å². The zero-order valence-electron chi connectivity index (χ0n) is 10.9. The summed E-state index contributed by atoms with van der Waals surface area (Å²) in [6, 6.07) is 15.8. The number of esters is 1. The Balaban J connectivity index is 1.67. The van der Waals surface area contributed by atoms with Gasteiger partial charge in [-0.25, -0.2) is 4.79 Å². The summed E-state index contributed by atoms with van der Waals surface area (Å²) in [7, 11) is 0. The van der Waals surface area contributed by atoms with Crippen molar-refractivity contribution in [2.75, 3.05) is 0 Å². The summed E-state index contributed by atoms with van der Waals surface area (Å²) in [6.45, 7) is 2.00. The van der Waals surface area contributed by atoms with Crippen LogP contribution in [-0.4, -0.2) is 12.1 Å². The molecule has 0 radical (unpaired) electrons. The highest BCUT2D eigenvalue weighted by Gasteiger charge is 2.24. The van der Waals surface area contributed by atoms with Gasteiger partial charge < -0.3 is 4.74 Å². The van der Waals surface area contributed by atoms with Crippen LogP contribution in [0.15, 0.2) is 48.5 Å². The predicted molar refractivity (Wildman–Crippen MR) is 74.2 cm³/mol. The van der Waals surface area contributed by atoms with Gasteiger partial charge in [-0.2, -0.15) is 0 Å². The summed E-state index contributed by atoms with van der Waals surface area (Å²) in [5.41, 5.74) is 4.36. The minimum atomic E-state index is -0.224. The number of carbonyl (C=O) groups is 1. The molecule has 0 amide bonds. The van der Waals surface area contributed by atoms with Gasteiger partial charge in [0.2, 0.25) is 0 Å². The number of benzene rings is 2. The molecule has 0 aromatic heterocycles. The number of aryl methyl sites for hydroxylation is 1. The Morgan fingerprint density at radius 2 is 1.58 bits per heavy atom. The summed E-state index contributed by atoms with van der Waals surface area (Å²) < 4.78 is 5.58. The summed E-state index contributed by atoms with van der Waals surface area (Å²) in [4.78, 5) is 12.0. The number of hydrogen-bond acceptors (Lipinski definition) is 2. The van der Waals surface area contributed by atoms with Gasteiger partial charge in [-0.05, 0) is 30.2 Å². The molecule has 2 aromatic rings. The Hall–Kier alpha value is -2.09. The third-order valence-electron chi connectivity index (χ3n) is 3.57. The van der Waals surface area contributed by atoms with Gasteiger partial charge in [0.15, 0.2) is 0 Å². The van der Waals surface area contributed by atoms with Crippen molar-refractivity contribution >= 4 is 5.97 Å². The number of rotatable bonds is 2. The van der Waals surface area contributed by atoms with Crippen LogP contribution in [0.1, 0.15) is 27.0 Å². The molecule has 0 saturated carbocycles. The Morgan fingerprint density at radius 1 is 1.00 bits per heavy atom. The van der Waals surface area contributed by atoms with Crippen molar-refractivity contribution in [3.63, 3.8) is 0 Å². The molecule has 0 saturated heterocycles. The molecule has 0 heterocycles. The molecule has 0 atom stereocenters. The van der Waals surface area contributed by atoms with E-state index in [0.717, 1.165) is 18.4 Å². The minimum absolute atomic E-state index is 0.0220. The molecule has 1 aliphatic carbocycles. The number of hydrogen-bond donors (Lipinski definition) is 0. The summed E-state index contributed by atoms with van der Waals surface area (Å²) in [6.07, 6.45) is 1.63. The van der Waals surface area contributed by atoms with Crippen molar-refractivity contribution in [2.45, 2.75) is 25.9 Å². The average Bonchev–Trinajstić information content (AvgIpc) is 2.81. The van der Waals surface area contributed by atoms with Gasteiger partial charge in [-0.1, -0.05) is 42.0 Å². The third kappa shape index (κ3) is 2.53. The number of carbonyl (C=O) groups excluding carboxylic acids is 1. The van der Waals surface area contributed by atoms with Crippen LogP contribution in [0, 0.1) is 6.92 Å². The Bertz CT molecular complexity index is 574. The molecule has 2 aromatic carbocycles. The molecule has 0 bridgehead atoms.